The van der Waals surface area contributed by atoms with Crippen molar-refractivity contribution in [3.8, 4) is 0 Å². The molecule has 0 saturated heterocycles. The van der Waals surface area contributed by atoms with Gasteiger partial charge in [0.2, 0.25) is 0 Å². The van der Waals surface area contributed by atoms with Gasteiger partial charge in [-0.05, 0) is 31.5 Å². The molecule has 2 aromatic heterocycles. The van der Waals surface area contributed by atoms with Crippen molar-refractivity contribution in [1.82, 2.24) is 14.9 Å². The Morgan fingerprint density at radius 2 is 2.22 bits per heavy atom. The van der Waals surface area contributed by atoms with Crippen LogP contribution in [-0.4, -0.2) is 16.1 Å². The molecular formula is C17H16FN3OS. The van der Waals surface area contributed by atoms with Crippen LogP contribution in [0.2, 0.25) is 0 Å². The maximum Gasteiger partial charge on any atom is 0.262 e. The normalized spacial score (nSPS) is 15.6. The topological polar surface area (TPSA) is 46.9 Å². The van der Waals surface area contributed by atoms with E-state index < -0.39 is 6.04 Å². The van der Waals surface area contributed by atoms with Crippen LogP contribution in [0, 0.1) is 5.82 Å². The molecule has 4 rings (SSSR count). The second-order valence-electron chi connectivity index (χ2n) is 5.77. The molecule has 1 aromatic carbocycles. The number of halogens is 1. The highest BCUT2D eigenvalue weighted by atomic mass is 32.1. The maximum absolute atomic E-state index is 14.0. The van der Waals surface area contributed by atoms with Gasteiger partial charge in [-0.2, -0.15) is 0 Å². The number of hydrogen-bond acceptors (Lipinski definition) is 4. The van der Waals surface area contributed by atoms with E-state index in [0.29, 0.717) is 10.9 Å². The van der Waals surface area contributed by atoms with Gasteiger partial charge in [-0.3, -0.25) is 9.36 Å². The molecule has 1 aliphatic rings. The predicted molar refractivity (Wildman–Crippen MR) is 89.5 cm³/mol. The Labute approximate surface area is 136 Å². The molecule has 0 aliphatic carbocycles. The van der Waals surface area contributed by atoms with Crippen molar-refractivity contribution in [1.29, 1.82) is 0 Å². The molecule has 1 N–H and O–H groups in total. The Balaban J connectivity index is 1.90. The van der Waals surface area contributed by atoms with E-state index in [9.17, 15) is 9.18 Å². The Hall–Kier alpha value is -2.05. The first-order valence-corrected chi connectivity index (χ1v) is 8.45. The molecule has 0 unspecified atom stereocenters. The summed E-state index contributed by atoms with van der Waals surface area (Å²) >= 11 is 1.57. The molecule has 1 atom stereocenters. The molecule has 0 fully saturated rings. The van der Waals surface area contributed by atoms with E-state index in [4.69, 9.17) is 0 Å². The van der Waals surface area contributed by atoms with E-state index in [-0.39, 0.29) is 11.4 Å². The zero-order valence-electron chi connectivity index (χ0n) is 12.7. The number of rotatable bonds is 2. The van der Waals surface area contributed by atoms with Crippen molar-refractivity contribution in [3.63, 3.8) is 0 Å². The van der Waals surface area contributed by atoms with Crippen molar-refractivity contribution < 1.29 is 4.39 Å². The third-order valence-electron chi connectivity index (χ3n) is 4.43. The molecule has 1 aliphatic heterocycles. The summed E-state index contributed by atoms with van der Waals surface area (Å²) in [6.45, 7) is 3.49. The molecule has 0 saturated carbocycles. The number of thiophene rings is 1. The van der Waals surface area contributed by atoms with Crippen molar-refractivity contribution in [2.24, 2.45) is 0 Å². The van der Waals surface area contributed by atoms with Crippen LogP contribution >= 0.6 is 11.3 Å². The lowest BCUT2D eigenvalue weighted by Gasteiger charge is -2.16. The van der Waals surface area contributed by atoms with Crippen LogP contribution in [0.5, 0.6) is 0 Å². The average molecular weight is 329 g/mol. The summed E-state index contributed by atoms with van der Waals surface area (Å²) in [7, 11) is 0. The van der Waals surface area contributed by atoms with E-state index >= 15 is 0 Å². The largest absolute Gasteiger partial charge is 0.312 e. The zero-order chi connectivity index (χ0) is 16.0. The van der Waals surface area contributed by atoms with Crippen LogP contribution in [0.1, 0.15) is 29.0 Å². The van der Waals surface area contributed by atoms with Gasteiger partial charge in [0.25, 0.3) is 5.56 Å². The Morgan fingerprint density at radius 1 is 1.39 bits per heavy atom. The highest BCUT2D eigenvalue weighted by Gasteiger charge is 2.22. The summed E-state index contributed by atoms with van der Waals surface area (Å²) < 4.78 is 15.6. The summed E-state index contributed by atoms with van der Waals surface area (Å²) in [5, 5.41) is 4.02. The van der Waals surface area contributed by atoms with Crippen LogP contribution in [0.15, 0.2) is 35.4 Å². The molecule has 118 valence electrons. The molecule has 0 spiro atoms. The molecular weight excluding hydrogens is 313 g/mol. The third kappa shape index (κ3) is 2.29. The molecule has 4 nitrogen and oxygen atoms in total. The zero-order valence-corrected chi connectivity index (χ0v) is 13.5. The first-order valence-electron chi connectivity index (χ1n) is 7.63. The second kappa shape index (κ2) is 5.54. The molecule has 0 radical (unpaired) electrons. The summed E-state index contributed by atoms with van der Waals surface area (Å²) in [5.41, 5.74) is 1.53. The molecule has 0 amide bonds. The first-order chi connectivity index (χ1) is 11.2. The van der Waals surface area contributed by atoms with Gasteiger partial charge in [-0.1, -0.05) is 18.2 Å². The lowest BCUT2D eigenvalue weighted by molar-refractivity contribution is 0.545. The fourth-order valence-corrected chi connectivity index (χ4v) is 4.31. The van der Waals surface area contributed by atoms with Crippen LogP contribution in [0.25, 0.3) is 10.2 Å². The number of benzene rings is 1. The average Bonchev–Trinajstić information content (AvgIpc) is 2.94. The van der Waals surface area contributed by atoms with Crippen LogP contribution in [-0.2, 0) is 13.0 Å². The van der Waals surface area contributed by atoms with Gasteiger partial charge in [-0.25, -0.2) is 9.37 Å². The number of aromatic nitrogens is 2. The van der Waals surface area contributed by atoms with Gasteiger partial charge in [-0.15, -0.1) is 11.3 Å². The van der Waals surface area contributed by atoms with Crippen LogP contribution < -0.4 is 10.9 Å². The van der Waals surface area contributed by atoms with Crippen molar-refractivity contribution in [3.05, 3.63) is 62.8 Å². The monoisotopic (exact) mass is 329 g/mol. The van der Waals surface area contributed by atoms with Crippen LogP contribution in [0.4, 0.5) is 4.39 Å². The van der Waals surface area contributed by atoms with E-state index in [1.54, 1.807) is 29.5 Å². The summed E-state index contributed by atoms with van der Waals surface area (Å²) in [4.78, 5) is 19.4. The number of fused-ring (bicyclic) bond motifs is 3. The molecule has 23 heavy (non-hydrogen) atoms. The molecule has 3 heterocycles. The van der Waals surface area contributed by atoms with Crippen molar-refractivity contribution in [2.75, 3.05) is 6.54 Å². The van der Waals surface area contributed by atoms with E-state index in [1.807, 2.05) is 6.92 Å². The molecule has 3 aromatic rings. The Bertz CT molecular complexity index is 947. The van der Waals surface area contributed by atoms with Gasteiger partial charge < -0.3 is 5.32 Å². The fraction of sp³-hybridized carbons (Fsp3) is 0.294. The Kier molecular flexibility index (Phi) is 3.50. The van der Waals surface area contributed by atoms with Gasteiger partial charge in [0.1, 0.15) is 10.6 Å². The third-order valence-corrected chi connectivity index (χ3v) is 5.57. The highest BCUT2D eigenvalue weighted by Crippen LogP contribution is 2.30. The summed E-state index contributed by atoms with van der Waals surface area (Å²) in [6.07, 6.45) is 2.38. The van der Waals surface area contributed by atoms with Gasteiger partial charge >= 0.3 is 0 Å². The highest BCUT2D eigenvalue weighted by molar-refractivity contribution is 7.18. The van der Waals surface area contributed by atoms with Gasteiger partial charge in [0, 0.05) is 17.0 Å². The fourth-order valence-electron chi connectivity index (χ4n) is 3.17. The SMILES string of the molecule is C[C@H](c1ccccc1F)n1cnc2sc3c(c2c1=O)CCNC3. The lowest BCUT2D eigenvalue weighted by Crippen LogP contribution is -2.27. The van der Waals surface area contributed by atoms with Crippen LogP contribution in [0.3, 0.4) is 0 Å². The minimum atomic E-state index is -0.391. The van der Waals surface area contributed by atoms with Gasteiger partial charge in [0.05, 0.1) is 17.8 Å². The number of nitrogens with one attached hydrogen (secondary N) is 1. The van der Waals surface area contributed by atoms with E-state index in [1.165, 1.54) is 21.8 Å². The Morgan fingerprint density at radius 3 is 3.04 bits per heavy atom. The smallest absolute Gasteiger partial charge is 0.262 e. The van der Waals surface area contributed by atoms with Crippen molar-refractivity contribution >= 4 is 21.6 Å². The number of hydrogen-bond donors (Lipinski definition) is 1. The second-order valence-corrected chi connectivity index (χ2v) is 6.85. The number of nitrogens with zero attached hydrogens (tertiary/aromatic N) is 2. The molecule has 6 heteroatoms. The summed E-state index contributed by atoms with van der Waals surface area (Å²) in [6, 6.07) is 6.17. The quantitative estimate of drug-likeness (QED) is 0.786. The minimum Gasteiger partial charge on any atom is -0.312 e. The lowest BCUT2D eigenvalue weighted by atomic mass is 10.1. The standard InChI is InChI=1S/C17H16FN3OS/c1-10(11-4-2-3-5-13(11)18)21-9-20-16-15(17(21)22)12-6-7-19-8-14(12)23-16/h2-5,9-10,19H,6-8H2,1H3/t10-/m1/s1. The van der Waals surface area contributed by atoms with Crippen molar-refractivity contribution in [2.45, 2.75) is 25.9 Å². The van der Waals surface area contributed by atoms with E-state index in [2.05, 4.69) is 10.3 Å². The van der Waals surface area contributed by atoms with Gasteiger partial charge in [0.15, 0.2) is 0 Å². The predicted octanol–water partition coefficient (Wildman–Crippen LogP) is 2.85. The van der Waals surface area contributed by atoms with E-state index in [0.717, 1.165) is 29.9 Å². The molecule has 0 bridgehead atoms. The maximum atomic E-state index is 14.0. The summed E-state index contributed by atoms with van der Waals surface area (Å²) in [5.74, 6) is -0.302. The first kappa shape index (κ1) is 14.5. The minimum absolute atomic E-state index is 0.0786.